The standard InChI is InChI=1S/C17H22N4O3/c1-17(2,3)24-9-8-23-15-5-4-13(10-20-15)16(22)21-12-14-11-18-6-7-19-14/h4-7,10-11H,8-9,12H2,1-3H3,(H,21,22). The van der Waals surface area contributed by atoms with E-state index in [1.54, 1.807) is 30.7 Å². The first kappa shape index (κ1) is 17.8. The van der Waals surface area contributed by atoms with Crippen LogP contribution in [0.25, 0.3) is 0 Å². The van der Waals surface area contributed by atoms with Crippen molar-refractivity contribution in [1.82, 2.24) is 20.3 Å². The topological polar surface area (TPSA) is 86.2 Å². The van der Waals surface area contributed by atoms with Gasteiger partial charge in [0.1, 0.15) is 6.61 Å². The lowest BCUT2D eigenvalue weighted by Gasteiger charge is -2.19. The van der Waals surface area contributed by atoms with E-state index in [0.717, 1.165) is 0 Å². The number of pyridine rings is 1. The Morgan fingerprint density at radius 2 is 1.96 bits per heavy atom. The minimum atomic E-state index is -0.226. The van der Waals surface area contributed by atoms with E-state index in [4.69, 9.17) is 9.47 Å². The van der Waals surface area contributed by atoms with Gasteiger partial charge in [0.25, 0.3) is 5.91 Å². The van der Waals surface area contributed by atoms with Crippen molar-refractivity contribution in [1.29, 1.82) is 0 Å². The van der Waals surface area contributed by atoms with Crippen molar-refractivity contribution in [3.63, 3.8) is 0 Å². The molecule has 2 aromatic rings. The molecule has 0 aliphatic carbocycles. The number of ether oxygens (including phenoxy) is 2. The Balaban J connectivity index is 1.77. The van der Waals surface area contributed by atoms with Crippen molar-refractivity contribution in [3.8, 4) is 5.88 Å². The maximum atomic E-state index is 12.0. The molecule has 0 aliphatic rings. The SMILES string of the molecule is CC(C)(C)OCCOc1ccc(C(=O)NCc2cnccn2)cn1. The molecule has 0 unspecified atom stereocenters. The average molecular weight is 330 g/mol. The summed E-state index contributed by atoms with van der Waals surface area (Å²) in [6, 6.07) is 3.33. The molecule has 1 N–H and O–H groups in total. The first-order valence-corrected chi connectivity index (χ1v) is 7.70. The van der Waals surface area contributed by atoms with E-state index >= 15 is 0 Å². The van der Waals surface area contributed by atoms with Crippen molar-refractivity contribution in [2.75, 3.05) is 13.2 Å². The molecule has 7 heteroatoms. The molecule has 0 fully saturated rings. The van der Waals surface area contributed by atoms with Crippen LogP contribution in [0.15, 0.2) is 36.9 Å². The zero-order chi connectivity index (χ0) is 17.4. The predicted octanol–water partition coefficient (Wildman–Crippen LogP) is 2.00. The predicted molar refractivity (Wildman–Crippen MR) is 88.6 cm³/mol. The van der Waals surface area contributed by atoms with Gasteiger partial charge in [0.2, 0.25) is 5.88 Å². The molecule has 0 atom stereocenters. The van der Waals surface area contributed by atoms with E-state index in [-0.39, 0.29) is 11.5 Å². The summed E-state index contributed by atoms with van der Waals surface area (Å²) >= 11 is 0. The highest BCUT2D eigenvalue weighted by Gasteiger charge is 2.10. The van der Waals surface area contributed by atoms with E-state index in [9.17, 15) is 4.79 Å². The third-order valence-electron chi connectivity index (χ3n) is 2.91. The molecule has 2 rings (SSSR count). The molecule has 0 aliphatic heterocycles. The summed E-state index contributed by atoms with van der Waals surface area (Å²) in [4.78, 5) is 24.2. The van der Waals surface area contributed by atoms with E-state index in [2.05, 4.69) is 20.3 Å². The molecule has 24 heavy (non-hydrogen) atoms. The molecule has 2 aromatic heterocycles. The Hall–Kier alpha value is -2.54. The lowest BCUT2D eigenvalue weighted by molar-refractivity contribution is -0.0168. The van der Waals surface area contributed by atoms with Gasteiger partial charge < -0.3 is 14.8 Å². The Morgan fingerprint density at radius 1 is 1.12 bits per heavy atom. The molecule has 0 saturated heterocycles. The molecule has 1 amide bonds. The zero-order valence-electron chi connectivity index (χ0n) is 14.2. The highest BCUT2D eigenvalue weighted by atomic mass is 16.5. The number of hydrogen-bond donors (Lipinski definition) is 1. The minimum absolute atomic E-state index is 0.193. The molecule has 128 valence electrons. The second-order valence-electron chi connectivity index (χ2n) is 6.07. The maximum Gasteiger partial charge on any atom is 0.253 e. The second-order valence-corrected chi connectivity index (χ2v) is 6.07. The maximum absolute atomic E-state index is 12.0. The number of nitrogens with one attached hydrogen (secondary N) is 1. The molecule has 7 nitrogen and oxygen atoms in total. The van der Waals surface area contributed by atoms with Gasteiger partial charge in [-0.1, -0.05) is 0 Å². The highest BCUT2D eigenvalue weighted by Crippen LogP contribution is 2.09. The quantitative estimate of drug-likeness (QED) is 0.781. The molecular weight excluding hydrogens is 308 g/mol. The Morgan fingerprint density at radius 3 is 2.58 bits per heavy atom. The van der Waals surface area contributed by atoms with Gasteiger partial charge in [-0.3, -0.25) is 14.8 Å². The number of rotatable bonds is 7. The molecule has 0 saturated carbocycles. The minimum Gasteiger partial charge on any atom is -0.475 e. The summed E-state index contributed by atoms with van der Waals surface area (Å²) in [7, 11) is 0. The second kappa shape index (κ2) is 8.35. The molecular formula is C17H22N4O3. The third-order valence-corrected chi connectivity index (χ3v) is 2.91. The number of nitrogens with zero attached hydrogens (tertiary/aromatic N) is 3. The van der Waals surface area contributed by atoms with E-state index < -0.39 is 0 Å². The van der Waals surface area contributed by atoms with Gasteiger partial charge in [-0.15, -0.1) is 0 Å². The van der Waals surface area contributed by atoms with Crippen molar-refractivity contribution < 1.29 is 14.3 Å². The smallest absolute Gasteiger partial charge is 0.253 e. The fourth-order valence-corrected chi connectivity index (χ4v) is 1.79. The summed E-state index contributed by atoms with van der Waals surface area (Å²) in [6.07, 6.45) is 6.25. The Kier molecular flexibility index (Phi) is 6.20. The number of carbonyl (C=O) groups is 1. The lowest BCUT2D eigenvalue weighted by atomic mass is 10.2. The molecule has 0 bridgehead atoms. The third kappa shape index (κ3) is 6.29. The summed E-state index contributed by atoms with van der Waals surface area (Å²) in [5.74, 6) is 0.230. The lowest BCUT2D eigenvalue weighted by Crippen LogP contribution is -2.23. The van der Waals surface area contributed by atoms with Crippen molar-refractivity contribution in [2.24, 2.45) is 0 Å². The van der Waals surface area contributed by atoms with Crippen molar-refractivity contribution in [3.05, 3.63) is 48.2 Å². The fourth-order valence-electron chi connectivity index (χ4n) is 1.79. The fraction of sp³-hybridized carbons (Fsp3) is 0.412. The number of carbonyl (C=O) groups excluding carboxylic acids is 1. The summed E-state index contributed by atoms with van der Waals surface area (Å²) in [5.41, 5.74) is 0.955. The molecule has 0 radical (unpaired) electrons. The van der Waals surface area contributed by atoms with Gasteiger partial charge in [-0.05, 0) is 26.8 Å². The molecule has 0 spiro atoms. The Bertz CT molecular complexity index is 639. The van der Waals surface area contributed by atoms with Gasteiger partial charge in [0.05, 0.1) is 36.2 Å². The zero-order valence-corrected chi connectivity index (χ0v) is 14.2. The van der Waals surface area contributed by atoms with Crippen LogP contribution in [0.3, 0.4) is 0 Å². The number of amides is 1. The summed E-state index contributed by atoms with van der Waals surface area (Å²) < 4.78 is 11.0. The van der Waals surface area contributed by atoms with Gasteiger partial charge >= 0.3 is 0 Å². The highest BCUT2D eigenvalue weighted by molar-refractivity contribution is 5.93. The van der Waals surface area contributed by atoms with Crippen LogP contribution < -0.4 is 10.1 Å². The van der Waals surface area contributed by atoms with Crippen LogP contribution in [0.5, 0.6) is 5.88 Å². The molecule has 0 aromatic carbocycles. The first-order valence-electron chi connectivity index (χ1n) is 7.70. The van der Waals surface area contributed by atoms with Crippen molar-refractivity contribution >= 4 is 5.91 Å². The number of hydrogen-bond acceptors (Lipinski definition) is 6. The number of aromatic nitrogens is 3. The van der Waals surface area contributed by atoms with Gasteiger partial charge in [0.15, 0.2) is 0 Å². The van der Waals surface area contributed by atoms with Gasteiger partial charge in [-0.2, -0.15) is 0 Å². The monoisotopic (exact) mass is 330 g/mol. The van der Waals surface area contributed by atoms with Crippen LogP contribution in [0, 0.1) is 0 Å². The van der Waals surface area contributed by atoms with Gasteiger partial charge in [0, 0.05) is 24.7 Å². The average Bonchev–Trinajstić information content (AvgIpc) is 2.57. The first-order chi connectivity index (χ1) is 11.4. The molecule has 2 heterocycles. The normalized spacial score (nSPS) is 11.1. The Labute approximate surface area is 141 Å². The van der Waals surface area contributed by atoms with Crippen LogP contribution in [0.4, 0.5) is 0 Å². The van der Waals surface area contributed by atoms with Crippen LogP contribution in [-0.2, 0) is 11.3 Å². The van der Waals surface area contributed by atoms with Crippen LogP contribution in [0.1, 0.15) is 36.8 Å². The van der Waals surface area contributed by atoms with Gasteiger partial charge in [-0.25, -0.2) is 4.98 Å². The van der Waals surface area contributed by atoms with E-state index in [1.165, 1.54) is 6.20 Å². The van der Waals surface area contributed by atoms with Crippen LogP contribution in [0.2, 0.25) is 0 Å². The van der Waals surface area contributed by atoms with Crippen molar-refractivity contribution in [2.45, 2.75) is 32.9 Å². The summed E-state index contributed by atoms with van der Waals surface area (Å²) in [6.45, 7) is 7.15. The van der Waals surface area contributed by atoms with Crippen LogP contribution in [-0.4, -0.2) is 39.7 Å². The summed E-state index contributed by atoms with van der Waals surface area (Å²) in [5, 5.41) is 2.76. The largest absolute Gasteiger partial charge is 0.475 e. The van der Waals surface area contributed by atoms with Crippen LogP contribution >= 0.6 is 0 Å². The van der Waals surface area contributed by atoms with E-state index in [0.29, 0.717) is 36.9 Å². The van der Waals surface area contributed by atoms with E-state index in [1.807, 2.05) is 20.8 Å².